The lowest BCUT2D eigenvalue weighted by molar-refractivity contribution is 0.387. The van der Waals surface area contributed by atoms with Crippen LogP contribution in [-0.4, -0.2) is 45.8 Å². The minimum Gasteiger partial charge on any atom is -0.354 e. The number of fused-ring (bicyclic) bond motifs is 1. The van der Waals surface area contributed by atoms with Gasteiger partial charge >= 0.3 is 0 Å². The van der Waals surface area contributed by atoms with Crippen LogP contribution in [0.15, 0.2) is 37.0 Å². The normalized spacial score (nSPS) is 17.4. The number of H-pyrrole nitrogens is 1. The second-order valence-electron chi connectivity index (χ2n) is 7.67. The molecule has 1 aliphatic heterocycles. The third kappa shape index (κ3) is 3.62. The van der Waals surface area contributed by atoms with Crippen LogP contribution in [0.3, 0.4) is 0 Å². The van der Waals surface area contributed by atoms with Gasteiger partial charge in [-0.2, -0.15) is 5.10 Å². The fourth-order valence-electron chi connectivity index (χ4n) is 3.83. The van der Waals surface area contributed by atoms with Gasteiger partial charge in [0.05, 0.1) is 5.69 Å². The summed E-state index contributed by atoms with van der Waals surface area (Å²) in [6, 6.07) is 7.79. The van der Waals surface area contributed by atoms with Gasteiger partial charge in [-0.25, -0.2) is 14.4 Å². The summed E-state index contributed by atoms with van der Waals surface area (Å²) < 4.78 is 14.2. The Hall–Kier alpha value is -2.80. The number of aromatic amines is 1. The Bertz CT molecular complexity index is 1000. The molecule has 148 valence electrons. The summed E-state index contributed by atoms with van der Waals surface area (Å²) in [6.07, 6.45) is 2.79. The highest BCUT2D eigenvalue weighted by Gasteiger charge is 2.23. The van der Waals surface area contributed by atoms with Crippen LogP contribution in [0.5, 0.6) is 0 Å². The SMILES string of the molecule is C=C(F)c1ccc(N2CCN[C@@H](CC(C)C)C2)nc1-c1[nH]nc2ncccc12.[HH]. The minimum absolute atomic E-state index is 0. The van der Waals surface area contributed by atoms with Gasteiger partial charge in [0.25, 0.3) is 0 Å². The van der Waals surface area contributed by atoms with Crippen LogP contribution in [0.25, 0.3) is 28.2 Å². The number of nitrogens with zero attached hydrogens (tertiary/aromatic N) is 4. The standard InChI is InChI=1S/C21H25FN6.H2/c1-13(2)11-15-12-28(10-9-23-15)18-7-6-16(14(3)22)19(25-18)20-17-5-4-8-24-21(17)27-26-20;/h4-8,13,15,23H,3,9-12H2,1-2H3,(H,24,26,27);1H/t15-;/m0./s1. The van der Waals surface area contributed by atoms with E-state index < -0.39 is 5.83 Å². The van der Waals surface area contributed by atoms with Gasteiger partial charge in [-0.15, -0.1) is 0 Å². The molecule has 3 aromatic heterocycles. The zero-order valence-electron chi connectivity index (χ0n) is 16.2. The molecule has 0 unspecified atom stereocenters. The average molecular weight is 382 g/mol. The maximum absolute atomic E-state index is 14.2. The third-order valence-corrected chi connectivity index (χ3v) is 5.07. The lowest BCUT2D eigenvalue weighted by Gasteiger charge is -2.35. The number of aromatic nitrogens is 4. The molecule has 0 amide bonds. The van der Waals surface area contributed by atoms with E-state index in [1.165, 1.54) is 0 Å². The van der Waals surface area contributed by atoms with Crippen molar-refractivity contribution in [2.45, 2.75) is 26.3 Å². The number of hydrogen-bond donors (Lipinski definition) is 2. The van der Waals surface area contributed by atoms with E-state index in [0.717, 1.165) is 37.3 Å². The van der Waals surface area contributed by atoms with Crippen molar-refractivity contribution in [2.75, 3.05) is 24.5 Å². The molecule has 0 aliphatic carbocycles. The molecule has 3 aromatic rings. The van der Waals surface area contributed by atoms with Crippen LogP contribution < -0.4 is 10.2 Å². The average Bonchev–Trinajstić information content (AvgIpc) is 3.11. The number of hydrogen-bond acceptors (Lipinski definition) is 5. The second-order valence-corrected chi connectivity index (χ2v) is 7.67. The van der Waals surface area contributed by atoms with E-state index in [4.69, 9.17) is 4.98 Å². The van der Waals surface area contributed by atoms with Gasteiger partial charge in [-0.05, 0) is 36.6 Å². The summed E-state index contributed by atoms with van der Waals surface area (Å²) in [4.78, 5) is 11.3. The molecular weight excluding hydrogens is 355 g/mol. The number of anilines is 1. The molecule has 1 fully saturated rings. The molecule has 0 saturated carbocycles. The molecule has 1 saturated heterocycles. The molecule has 7 heteroatoms. The predicted octanol–water partition coefficient (Wildman–Crippen LogP) is 4.03. The van der Waals surface area contributed by atoms with Crippen molar-refractivity contribution in [3.8, 4) is 11.4 Å². The summed E-state index contributed by atoms with van der Waals surface area (Å²) >= 11 is 0. The van der Waals surface area contributed by atoms with Gasteiger partial charge in [0.2, 0.25) is 0 Å². The van der Waals surface area contributed by atoms with Crippen molar-refractivity contribution in [2.24, 2.45) is 5.92 Å². The minimum atomic E-state index is -0.515. The Morgan fingerprint density at radius 3 is 3.04 bits per heavy atom. The molecule has 4 heterocycles. The van der Waals surface area contributed by atoms with E-state index in [0.29, 0.717) is 34.6 Å². The zero-order chi connectivity index (χ0) is 19.7. The first-order chi connectivity index (χ1) is 13.5. The number of halogens is 1. The van der Waals surface area contributed by atoms with Gasteiger partial charge < -0.3 is 10.2 Å². The van der Waals surface area contributed by atoms with Gasteiger partial charge in [0.1, 0.15) is 17.3 Å². The van der Waals surface area contributed by atoms with Gasteiger partial charge in [-0.1, -0.05) is 20.4 Å². The molecule has 1 aliphatic rings. The Morgan fingerprint density at radius 1 is 1.39 bits per heavy atom. The number of pyridine rings is 2. The van der Waals surface area contributed by atoms with Gasteiger partial charge in [0, 0.05) is 44.2 Å². The van der Waals surface area contributed by atoms with E-state index >= 15 is 0 Å². The monoisotopic (exact) mass is 382 g/mol. The van der Waals surface area contributed by atoms with E-state index in [1.54, 1.807) is 12.3 Å². The largest absolute Gasteiger partial charge is 0.354 e. The van der Waals surface area contributed by atoms with Crippen molar-refractivity contribution in [1.29, 1.82) is 0 Å². The lowest BCUT2D eigenvalue weighted by atomic mass is 10.0. The number of nitrogens with one attached hydrogen (secondary N) is 2. The first kappa shape index (κ1) is 18.6. The van der Waals surface area contributed by atoms with E-state index in [2.05, 4.69) is 45.8 Å². The number of piperazine rings is 1. The zero-order valence-corrected chi connectivity index (χ0v) is 16.2. The Kier molecular flexibility index (Phi) is 5.09. The first-order valence-electron chi connectivity index (χ1n) is 9.66. The maximum atomic E-state index is 14.2. The molecule has 6 nitrogen and oxygen atoms in total. The van der Waals surface area contributed by atoms with Crippen molar-refractivity contribution < 1.29 is 5.82 Å². The molecule has 0 bridgehead atoms. The quantitative estimate of drug-likeness (QED) is 0.697. The molecule has 2 N–H and O–H groups in total. The van der Waals surface area contributed by atoms with Crippen LogP contribution in [0.4, 0.5) is 10.2 Å². The summed E-state index contributed by atoms with van der Waals surface area (Å²) in [7, 11) is 0. The van der Waals surface area contributed by atoms with Crippen LogP contribution in [-0.2, 0) is 0 Å². The Labute approximate surface area is 165 Å². The molecule has 4 rings (SSSR count). The van der Waals surface area contributed by atoms with Crippen molar-refractivity contribution in [3.63, 3.8) is 0 Å². The van der Waals surface area contributed by atoms with E-state index in [-0.39, 0.29) is 1.43 Å². The summed E-state index contributed by atoms with van der Waals surface area (Å²) in [6.45, 7) is 10.6. The Balaban J connectivity index is 0.00000240. The van der Waals surface area contributed by atoms with Gasteiger partial charge in [0.15, 0.2) is 5.65 Å². The van der Waals surface area contributed by atoms with Crippen molar-refractivity contribution in [1.82, 2.24) is 25.5 Å². The fourth-order valence-corrected chi connectivity index (χ4v) is 3.83. The smallest absolute Gasteiger partial charge is 0.181 e. The predicted molar refractivity (Wildman–Crippen MR) is 113 cm³/mol. The van der Waals surface area contributed by atoms with Gasteiger partial charge in [-0.3, -0.25) is 5.10 Å². The third-order valence-electron chi connectivity index (χ3n) is 5.07. The van der Waals surface area contributed by atoms with Crippen LogP contribution in [0, 0.1) is 5.92 Å². The molecular formula is C21H27FN6. The van der Waals surface area contributed by atoms with Crippen molar-refractivity contribution in [3.05, 3.63) is 42.6 Å². The molecule has 0 radical (unpaired) electrons. The topological polar surface area (TPSA) is 69.7 Å². The summed E-state index contributed by atoms with van der Waals surface area (Å²) in [5, 5.41) is 11.6. The summed E-state index contributed by atoms with van der Waals surface area (Å²) in [5.74, 6) is 0.947. The second kappa shape index (κ2) is 7.67. The summed E-state index contributed by atoms with van der Waals surface area (Å²) in [5.41, 5.74) is 2.12. The molecule has 28 heavy (non-hydrogen) atoms. The highest BCUT2D eigenvalue weighted by atomic mass is 19.1. The van der Waals surface area contributed by atoms with E-state index in [9.17, 15) is 4.39 Å². The van der Waals surface area contributed by atoms with Crippen LogP contribution >= 0.6 is 0 Å². The highest BCUT2D eigenvalue weighted by Crippen LogP contribution is 2.32. The van der Waals surface area contributed by atoms with Crippen LogP contribution in [0.1, 0.15) is 27.3 Å². The molecule has 0 spiro atoms. The maximum Gasteiger partial charge on any atom is 0.181 e. The highest BCUT2D eigenvalue weighted by molar-refractivity contribution is 5.92. The molecule has 1 atom stereocenters. The first-order valence-corrected chi connectivity index (χ1v) is 9.66. The fraction of sp³-hybridized carbons (Fsp3) is 0.381. The van der Waals surface area contributed by atoms with E-state index in [1.807, 2.05) is 18.2 Å². The van der Waals surface area contributed by atoms with Crippen molar-refractivity contribution >= 4 is 22.7 Å². The van der Waals surface area contributed by atoms with Crippen LogP contribution in [0.2, 0.25) is 0 Å². The Morgan fingerprint density at radius 2 is 2.25 bits per heavy atom. The molecule has 0 aromatic carbocycles. The number of rotatable bonds is 5. The lowest BCUT2D eigenvalue weighted by Crippen LogP contribution is -2.51.